The fourth-order valence-electron chi connectivity index (χ4n) is 3.86. The highest BCUT2D eigenvalue weighted by Gasteiger charge is 2.25. The Morgan fingerprint density at radius 3 is 2.64 bits per heavy atom. The van der Waals surface area contributed by atoms with Crippen molar-refractivity contribution in [2.75, 3.05) is 6.79 Å². The lowest BCUT2D eigenvalue weighted by molar-refractivity contribution is 0.1000. The van der Waals surface area contributed by atoms with Gasteiger partial charge in [-0.25, -0.2) is 0 Å². The maximum atomic E-state index is 12.3. The van der Waals surface area contributed by atoms with Crippen LogP contribution in [0.4, 0.5) is 0 Å². The monoisotopic (exact) mass is 396 g/mol. The van der Waals surface area contributed by atoms with Crippen LogP contribution in [0, 0.1) is 6.92 Å². The number of halogens is 1. The second-order valence-electron chi connectivity index (χ2n) is 6.75. The molecule has 1 aromatic heterocycles. The van der Waals surface area contributed by atoms with Gasteiger partial charge >= 0.3 is 0 Å². The molecule has 0 spiro atoms. The number of carbonyl (C=O) groups is 1. The quantitative estimate of drug-likeness (QED) is 0.687. The van der Waals surface area contributed by atoms with Gasteiger partial charge in [0.2, 0.25) is 6.79 Å². The van der Waals surface area contributed by atoms with Crippen LogP contribution >= 0.6 is 11.6 Å². The lowest BCUT2D eigenvalue weighted by Gasteiger charge is -2.13. The van der Waals surface area contributed by atoms with Crippen molar-refractivity contribution in [1.29, 1.82) is 0 Å². The van der Waals surface area contributed by atoms with Crippen molar-refractivity contribution in [3.63, 3.8) is 0 Å². The van der Waals surface area contributed by atoms with Crippen LogP contribution < -0.4 is 15.2 Å². The van der Waals surface area contributed by atoms with Crippen molar-refractivity contribution < 1.29 is 14.3 Å². The van der Waals surface area contributed by atoms with Gasteiger partial charge in [0.25, 0.3) is 5.91 Å². The molecule has 2 heterocycles. The topological polar surface area (TPSA) is 66.5 Å². The summed E-state index contributed by atoms with van der Waals surface area (Å²) >= 11 is 6.46. The van der Waals surface area contributed by atoms with E-state index in [1.807, 2.05) is 49.4 Å². The number of fused-ring (bicyclic) bond motifs is 1. The number of benzene rings is 2. The number of hydrogen-bond acceptors (Lipinski definition) is 3. The number of nitrogens with zero attached hydrogens (tertiary/aromatic N) is 1. The van der Waals surface area contributed by atoms with Crippen molar-refractivity contribution >= 4 is 17.5 Å². The first-order chi connectivity index (χ1) is 13.5. The Kier molecular flexibility index (Phi) is 4.77. The van der Waals surface area contributed by atoms with E-state index in [-0.39, 0.29) is 6.79 Å². The summed E-state index contributed by atoms with van der Waals surface area (Å²) in [5.41, 5.74) is 10.8. The Hall–Kier alpha value is -2.92. The van der Waals surface area contributed by atoms with Crippen LogP contribution in [0.2, 0.25) is 5.02 Å². The molecule has 4 rings (SSSR count). The Balaban J connectivity index is 1.87. The summed E-state index contributed by atoms with van der Waals surface area (Å²) in [6.45, 7) is 4.82. The molecule has 0 saturated carbocycles. The number of ether oxygens (including phenoxy) is 2. The molecule has 3 aromatic rings. The summed E-state index contributed by atoms with van der Waals surface area (Å²) in [5.74, 6) is 1.03. The largest absolute Gasteiger partial charge is 0.454 e. The van der Waals surface area contributed by atoms with Crippen LogP contribution in [0.1, 0.15) is 34.2 Å². The highest BCUT2D eigenvalue weighted by molar-refractivity contribution is 6.33. The van der Waals surface area contributed by atoms with Crippen LogP contribution in [0.3, 0.4) is 0 Å². The van der Waals surface area contributed by atoms with Crippen molar-refractivity contribution in [1.82, 2.24) is 4.57 Å². The normalized spacial score (nSPS) is 12.4. The molecule has 1 amide bonds. The van der Waals surface area contributed by atoms with Crippen molar-refractivity contribution in [2.45, 2.75) is 26.8 Å². The molecular formula is C22H21ClN2O3. The van der Waals surface area contributed by atoms with E-state index in [1.165, 1.54) is 0 Å². The predicted molar refractivity (Wildman–Crippen MR) is 109 cm³/mol. The highest BCUT2D eigenvalue weighted by atomic mass is 35.5. The van der Waals surface area contributed by atoms with Crippen LogP contribution in [-0.2, 0) is 13.0 Å². The number of rotatable bonds is 5. The van der Waals surface area contributed by atoms with Crippen LogP contribution in [-0.4, -0.2) is 17.3 Å². The fraction of sp³-hybridized carbons (Fsp3) is 0.227. The van der Waals surface area contributed by atoms with E-state index in [0.29, 0.717) is 17.1 Å². The molecule has 0 saturated heterocycles. The van der Waals surface area contributed by atoms with E-state index >= 15 is 0 Å². The molecule has 0 unspecified atom stereocenters. The van der Waals surface area contributed by atoms with Gasteiger partial charge in [-0.05, 0) is 37.1 Å². The standard InChI is InChI=1S/C22H21ClN2O3/c1-3-17-21(15-6-4-5-7-16(15)23)20(22(24)26)13(2)25(17)11-14-8-9-18-19(10-14)28-12-27-18/h4-10H,3,11-12H2,1-2H3,(H2,24,26). The molecule has 0 bridgehead atoms. The molecule has 0 aliphatic carbocycles. The van der Waals surface area contributed by atoms with Crippen LogP contribution in [0.5, 0.6) is 11.5 Å². The van der Waals surface area contributed by atoms with Crippen LogP contribution in [0.15, 0.2) is 42.5 Å². The van der Waals surface area contributed by atoms with Crippen molar-refractivity contribution in [3.8, 4) is 22.6 Å². The summed E-state index contributed by atoms with van der Waals surface area (Å²) < 4.78 is 13.0. The fourth-order valence-corrected chi connectivity index (χ4v) is 4.09. The summed E-state index contributed by atoms with van der Waals surface area (Å²) in [4.78, 5) is 12.3. The third-order valence-corrected chi connectivity index (χ3v) is 5.46. The molecule has 144 valence electrons. The van der Waals surface area contributed by atoms with Crippen molar-refractivity contribution in [2.24, 2.45) is 5.73 Å². The second kappa shape index (κ2) is 7.24. The maximum Gasteiger partial charge on any atom is 0.251 e. The summed E-state index contributed by atoms with van der Waals surface area (Å²) in [6, 6.07) is 13.4. The average molecular weight is 397 g/mol. The van der Waals surface area contributed by atoms with Gasteiger partial charge in [-0.2, -0.15) is 0 Å². The molecular weight excluding hydrogens is 376 g/mol. The average Bonchev–Trinajstić information content (AvgIpc) is 3.24. The molecule has 0 radical (unpaired) electrons. The van der Waals surface area contributed by atoms with Gasteiger partial charge in [0.05, 0.1) is 5.56 Å². The first-order valence-corrected chi connectivity index (χ1v) is 9.54. The molecule has 2 N–H and O–H groups in total. The van der Waals surface area contributed by atoms with E-state index in [4.69, 9.17) is 26.8 Å². The molecule has 6 heteroatoms. The van der Waals surface area contributed by atoms with E-state index < -0.39 is 5.91 Å². The van der Waals surface area contributed by atoms with Crippen molar-refractivity contribution in [3.05, 3.63) is 70.0 Å². The molecule has 0 atom stereocenters. The van der Waals surface area contributed by atoms with E-state index in [0.717, 1.165) is 46.0 Å². The van der Waals surface area contributed by atoms with E-state index in [9.17, 15) is 4.79 Å². The van der Waals surface area contributed by atoms with Gasteiger partial charge in [0.15, 0.2) is 11.5 Å². The smallest absolute Gasteiger partial charge is 0.251 e. The third-order valence-electron chi connectivity index (χ3n) is 5.13. The van der Waals surface area contributed by atoms with Crippen LogP contribution in [0.25, 0.3) is 11.1 Å². The summed E-state index contributed by atoms with van der Waals surface area (Å²) in [6.07, 6.45) is 0.735. The Labute approximate surface area is 168 Å². The van der Waals surface area contributed by atoms with Gasteiger partial charge in [-0.1, -0.05) is 42.8 Å². The summed E-state index contributed by atoms with van der Waals surface area (Å²) in [7, 11) is 0. The Morgan fingerprint density at radius 2 is 1.93 bits per heavy atom. The minimum absolute atomic E-state index is 0.240. The number of amides is 1. The number of carbonyl (C=O) groups excluding carboxylic acids is 1. The number of primary amides is 1. The Bertz CT molecular complexity index is 1070. The number of nitrogens with two attached hydrogens (primary N) is 1. The van der Waals surface area contributed by atoms with Gasteiger partial charge in [-0.15, -0.1) is 0 Å². The van der Waals surface area contributed by atoms with E-state index in [1.54, 1.807) is 0 Å². The molecule has 5 nitrogen and oxygen atoms in total. The first-order valence-electron chi connectivity index (χ1n) is 9.16. The van der Waals surface area contributed by atoms with Gasteiger partial charge in [0.1, 0.15) is 0 Å². The molecule has 0 fully saturated rings. The zero-order chi connectivity index (χ0) is 19.8. The second-order valence-corrected chi connectivity index (χ2v) is 7.16. The summed E-state index contributed by atoms with van der Waals surface area (Å²) in [5, 5.41) is 0.597. The Morgan fingerprint density at radius 1 is 1.18 bits per heavy atom. The van der Waals surface area contributed by atoms with Gasteiger partial charge < -0.3 is 19.8 Å². The molecule has 28 heavy (non-hydrogen) atoms. The maximum absolute atomic E-state index is 12.3. The highest BCUT2D eigenvalue weighted by Crippen LogP contribution is 2.38. The zero-order valence-electron chi connectivity index (χ0n) is 15.8. The van der Waals surface area contributed by atoms with Gasteiger partial charge in [0, 0.05) is 34.1 Å². The minimum Gasteiger partial charge on any atom is -0.454 e. The van der Waals surface area contributed by atoms with Gasteiger partial charge in [-0.3, -0.25) is 4.79 Å². The lowest BCUT2D eigenvalue weighted by Crippen LogP contribution is -2.13. The predicted octanol–water partition coefficient (Wildman–Crippen LogP) is 4.56. The first kappa shape index (κ1) is 18.4. The molecule has 2 aromatic carbocycles. The van der Waals surface area contributed by atoms with E-state index in [2.05, 4.69) is 11.5 Å². The SMILES string of the molecule is CCc1c(-c2ccccc2Cl)c(C(N)=O)c(C)n1Cc1ccc2c(c1)OCO2. The third kappa shape index (κ3) is 3.02. The molecule has 1 aliphatic heterocycles. The number of aromatic nitrogens is 1. The zero-order valence-corrected chi connectivity index (χ0v) is 16.5. The molecule has 1 aliphatic rings. The lowest BCUT2D eigenvalue weighted by atomic mass is 9.99. The number of hydrogen-bond donors (Lipinski definition) is 1. The minimum atomic E-state index is -0.452.